The molecule has 0 saturated carbocycles. The monoisotopic (exact) mass is 460 g/mol. The predicted molar refractivity (Wildman–Crippen MR) is 133 cm³/mol. The van der Waals surface area contributed by atoms with Gasteiger partial charge in [-0.05, 0) is 66.1 Å². The number of hydrogen-bond acceptors (Lipinski definition) is 5. The zero-order chi connectivity index (χ0) is 24.2. The third-order valence-corrected chi connectivity index (χ3v) is 6.56. The molecule has 1 amide bonds. The highest BCUT2D eigenvalue weighted by Crippen LogP contribution is 2.38. The van der Waals surface area contributed by atoms with Crippen LogP contribution in [0.1, 0.15) is 60.8 Å². The summed E-state index contributed by atoms with van der Waals surface area (Å²) in [6.07, 6.45) is 2.38. The number of hydrogen-bond donors (Lipinski definition) is 1. The zero-order valence-electron chi connectivity index (χ0n) is 20.2. The van der Waals surface area contributed by atoms with Crippen LogP contribution < -0.4 is 14.4 Å². The first-order valence-corrected chi connectivity index (χ1v) is 11.7. The third-order valence-electron chi connectivity index (χ3n) is 6.56. The average molecular weight is 461 g/mol. The molecule has 1 heterocycles. The van der Waals surface area contributed by atoms with E-state index in [0.29, 0.717) is 24.2 Å². The van der Waals surface area contributed by atoms with Crippen LogP contribution in [-0.2, 0) is 17.8 Å². The number of carbonyl (C=O) groups excluding carboxylic acids is 1. The molecule has 1 aliphatic rings. The summed E-state index contributed by atoms with van der Waals surface area (Å²) in [6, 6.07) is 17.3. The highest BCUT2D eigenvalue weighted by Gasteiger charge is 2.32. The summed E-state index contributed by atoms with van der Waals surface area (Å²) in [6.45, 7) is 4.61. The summed E-state index contributed by atoms with van der Waals surface area (Å²) in [4.78, 5) is 20.3. The van der Waals surface area contributed by atoms with Crippen LogP contribution >= 0.6 is 0 Å². The molecule has 34 heavy (non-hydrogen) atoms. The van der Waals surface area contributed by atoms with Crippen molar-refractivity contribution in [3.63, 3.8) is 0 Å². The summed E-state index contributed by atoms with van der Waals surface area (Å²) >= 11 is 0. The molecule has 2 aromatic carbocycles. The number of aromatic hydroxyl groups is 1. The standard InChI is InChI=1S/C28H32N2O4/c1-18(2)19-11-14-21(15-12-19)30(17-20-13-16-26(33-3)29-27(20)34-4)28(32)24-9-5-8-23-22(24)7-6-10-25(23)31/h6-7,10-16,18,24,31H,5,8-9,17H2,1-4H3. The number of fused-ring (bicyclic) bond motifs is 1. The Hall–Kier alpha value is -3.54. The van der Waals surface area contributed by atoms with Gasteiger partial charge >= 0.3 is 0 Å². The Bertz CT molecular complexity index is 1160. The summed E-state index contributed by atoms with van der Waals surface area (Å²) in [5.41, 5.74) is 4.62. The molecule has 6 nitrogen and oxygen atoms in total. The topological polar surface area (TPSA) is 71.9 Å². The fourth-order valence-corrected chi connectivity index (χ4v) is 4.64. The van der Waals surface area contributed by atoms with E-state index in [9.17, 15) is 9.90 Å². The molecule has 0 aliphatic heterocycles. The van der Waals surface area contributed by atoms with Gasteiger partial charge in [-0.15, -0.1) is 0 Å². The molecular weight excluding hydrogens is 428 g/mol. The van der Waals surface area contributed by atoms with E-state index >= 15 is 0 Å². The van der Waals surface area contributed by atoms with E-state index in [2.05, 4.69) is 31.0 Å². The maximum Gasteiger partial charge on any atom is 0.234 e. The van der Waals surface area contributed by atoms with Crippen LogP contribution in [0.25, 0.3) is 0 Å². The maximum absolute atomic E-state index is 14.1. The highest BCUT2D eigenvalue weighted by molar-refractivity contribution is 5.98. The van der Waals surface area contributed by atoms with E-state index in [1.54, 1.807) is 31.3 Å². The summed E-state index contributed by atoms with van der Waals surface area (Å²) in [7, 11) is 3.12. The van der Waals surface area contributed by atoms with Crippen LogP contribution in [0.15, 0.2) is 54.6 Å². The Morgan fingerprint density at radius 2 is 1.85 bits per heavy atom. The van der Waals surface area contributed by atoms with Gasteiger partial charge in [0, 0.05) is 17.3 Å². The fourth-order valence-electron chi connectivity index (χ4n) is 4.64. The van der Waals surface area contributed by atoms with Crippen molar-refractivity contribution in [3.05, 3.63) is 76.9 Å². The van der Waals surface area contributed by atoms with E-state index in [1.165, 1.54) is 5.56 Å². The smallest absolute Gasteiger partial charge is 0.234 e. The molecule has 3 aromatic rings. The van der Waals surface area contributed by atoms with E-state index in [0.717, 1.165) is 41.6 Å². The lowest BCUT2D eigenvalue weighted by molar-refractivity contribution is -0.120. The molecule has 178 valence electrons. The maximum atomic E-state index is 14.1. The molecular formula is C28H32N2O4. The van der Waals surface area contributed by atoms with Crippen LogP contribution in [0, 0.1) is 0 Å². The van der Waals surface area contributed by atoms with Crippen LogP contribution in [0.4, 0.5) is 5.69 Å². The molecule has 1 N–H and O–H groups in total. The lowest BCUT2D eigenvalue weighted by Crippen LogP contribution is -2.36. The minimum absolute atomic E-state index is 0.00159. The lowest BCUT2D eigenvalue weighted by atomic mass is 9.81. The van der Waals surface area contributed by atoms with E-state index in [1.807, 2.05) is 30.3 Å². The van der Waals surface area contributed by atoms with Crippen LogP contribution in [-0.4, -0.2) is 30.2 Å². The minimum atomic E-state index is -0.321. The molecule has 0 fully saturated rings. The highest BCUT2D eigenvalue weighted by atomic mass is 16.5. The average Bonchev–Trinajstić information content (AvgIpc) is 2.87. The van der Waals surface area contributed by atoms with Crippen molar-refractivity contribution in [2.75, 3.05) is 19.1 Å². The summed E-state index contributed by atoms with van der Waals surface area (Å²) in [5.74, 6) is 1.23. The second kappa shape index (κ2) is 10.2. The number of ether oxygens (including phenoxy) is 2. The van der Waals surface area contributed by atoms with Crippen molar-refractivity contribution in [3.8, 4) is 17.5 Å². The number of amides is 1. The van der Waals surface area contributed by atoms with Gasteiger partial charge in [-0.2, -0.15) is 4.98 Å². The Balaban J connectivity index is 1.74. The number of aromatic nitrogens is 1. The van der Waals surface area contributed by atoms with E-state index in [4.69, 9.17) is 9.47 Å². The van der Waals surface area contributed by atoms with Crippen molar-refractivity contribution in [1.82, 2.24) is 4.98 Å². The van der Waals surface area contributed by atoms with Crippen molar-refractivity contribution in [2.45, 2.75) is 51.5 Å². The number of rotatable bonds is 7. The first-order valence-electron chi connectivity index (χ1n) is 11.7. The SMILES string of the molecule is COc1ccc(CN(C(=O)C2CCCc3c(O)cccc32)c2ccc(C(C)C)cc2)c(OC)n1. The normalized spacial score (nSPS) is 15.0. The number of pyridine rings is 1. The Morgan fingerprint density at radius 3 is 2.53 bits per heavy atom. The first-order chi connectivity index (χ1) is 16.4. The molecule has 0 spiro atoms. The molecule has 0 radical (unpaired) electrons. The van der Waals surface area contributed by atoms with E-state index < -0.39 is 0 Å². The molecule has 1 aromatic heterocycles. The van der Waals surface area contributed by atoms with Gasteiger partial charge in [-0.1, -0.05) is 38.1 Å². The van der Waals surface area contributed by atoms with Gasteiger partial charge in [0.15, 0.2) is 0 Å². The van der Waals surface area contributed by atoms with Gasteiger partial charge in [0.1, 0.15) is 5.75 Å². The van der Waals surface area contributed by atoms with Crippen molar-refractivity contribution in [1.29, 1.82) is 0 Å². The van der Waals surface area contributed by atoms with Gasteiger partial charge in [-0.3, -0.25) is 4.79 Å². The minimum Gasteiger partial charge on any atom is -0.508 e. The molecule has 4 rings (SSSR count). The zero-order valence-corrected chi connectivity index (χ0v) is 20.2. The van der Waals surface area contributed by atoms with Crippen LogP contribution in [0.2, 0.25) is 0 Å². The molecule has 1 atom stereocenters. The van der Waals surface area contributed by atoms with Gasteiger partial charge in [0.2, 0.25) is 17.7 Å². The second-order valence-electron chi connectivity index (χ2n) is 8.98. The number of methoxy groups -OCH3 is 2. The van der Waals surface area contributed by atoms with Crippen molar-refractivity contribution < 1.29 is 19.4 Å². The van der Waals surface area contributed by atoms with Gasteiger partial charge in [0.05, 0.1) is 26.7 Å². The summed E-state index contributed by atoms with van der Waals surface area (Å²) in [5, 5.41) is 10.4. The predicted octanol–water partition coefficient (Wildman–Crippen LogP) is 5.58. The summed E-state index contributed by atoms with van der Waals surface area (Å²) < 4.78 is 10.7. The van der Waals surface area contributed by atoms with Crippen LogP contribution in [0.5, 0.6) is 17.5 Å². The Kier molecular flexibility index (Phi) is 7.06. The third kappa shape index (κ3) is 4.72. The number of anilines is 1. The molecule has 1 unspecified atom stereocenters. The Morgan fingerprint density at radius 1 is 1.09 bits per heavy atom. The van der Waals surface area contributed by atoms with Gasteiger partial charge < -0.3 is 19.5 Å². The largest absolute Gasteiger partial charge is 0.508 e. The lowest BCUT2D eigenvalue weighted by Gasteiger charge is -2.31. The molecule has 0 saturated heterocycles. The fraction of sp³-hybridized carbons (Fsp3) is 0.357. The number of phenols is 1. The van der Waals surface area contributed by atoms with Gasteiger partial charge in [0.25, 0.3) is 0 Å². The quantitative estimate of drug-likeness (QED) is 0.498. The van der Waals surface area contributed by atoms with Crippen molar-refractivity contribution >= 4 is 11.6 Å². The molecule has 0 bridgehead atoms. The number of carbonyl (C=O) groups is 1. The van der Waals surface area contributed by atoms with Crippen molar-refractivity contribution in [2.24, 2.45) is 0 Å². The van der Waals surface area contributed by atoms with Gasteiger partial charge in [-0.25, -0.2) is 0 Å². The number of benzene rings is 2. The molecule has 1 aliphatic carbocycles. The number of nitrogens with zero attached hydrogens (tertiary/aromatic N) is 2. The number of phenolic OH excluding ortho intramolecular Hbond substituents is 1. The Labute approximate surface area is 201 Å². The molecule has 6 heteroatoms. The van der Waals surface area contributed by atoms with E-state index in [-0.39, 0.29) is 17.6 Å². The second-order valence-corrected chi connectivity index (χ2v) is 8.98. The van der Waals surface area contributed by atoms with Crippen LogP contribution in [0.3, 0.4) is 0 Å². The first kappa shape index (κ1) is 23.6.